The Labute approximate surface area is 83.5 Å². The topological polar surface area (TPSA) is 54.2 Å². The number of piperazine rings is 1. The quantitative estimate of drug-likeness (QED) is 0.731. The van der Waals surface area contributed by atoms with E-state index in [1.165, 1.54) is 0 Å². The van der Waals surface area contributed by atoms with Crippen LogP contribution >= 0.6 is 0 Å². The molecule has 1 fully saturated rings. The van der Waals surface area contributed by atoms with Gasteiger partial charge in [-0.3, -0.25) is 4.90 Å². The Hall–Kier alpha value is -0.940. The fourth-order valence-corrected chi connectivity index (χ4v) is 1.69. The molecule has 1 atom stereocenters. The zero-order chi connectivity index (χ0) is 9.97. The second-order valence-corrected chi connectivity index (χ2v) is 3.74. The summed E-state index contributed by atoms with van der Waals surface area (Å²) in [6.07, 6.45) is 0. The minimum atomic E-state index is 0.538. The predicted octanol–water partition coefficient (Wildman–Crippen LogP) is 0.172. The lowest BCUT2D eigenvalue weighted by molar-refractivity contribution is 0.150. The van der Waals surface area contributed by atoms with Crippen LogP contribution in [0.5, 0.6) is 0 Å². The molecule has 0 spiro atoms. The van der Waals surface area contributed by atoms with Gasteiger partial charge in [0.2, 0.25) is 11.8 Å². The highest BCUT2D eigenvalue weighted by Gasteiger charge is 2.19. The molecule has 5 nitrogen and oxygen atoms in total. The van der Waals surface area contributed by atoms with Gasteiger partial charge in [0.15, 0.2) is 0 Å². The molecule has 0 aliphatic carbocycles. The molecule has 0 unspecified atom stereocenters. The molecular weight excluding hydrogens is 180 g/mol. The van der Waals surface area contributed by atoms with E-state index in [0.717, 1.165) is 32.1 Å². The molecule has 1 saturated heterocycles. The van der Waals surface area contributed by atoms with E-state index in [9.17, 15) is 0 Å². The van der Waals surface area contributed by atoms with Crippen molar-refractivity contribution in [1.82, 2.24) is 20.4 Å². The summed E-state index contributed by atoms with van der Waals surface area (Å²) in [5.74, 6) is 1.36. The number of nitrogens with zero attached hydrogens (tertiary/aromatic N) is 3. The van der Waals surface area contributed by atoms with E-state index in [-0.39, 0.29) is 0 Å². The third-order valence-electron chi connectivity index (χ3n) is 2.55. The lowest BCUT2D eigenvalue weighted by Gasteiger charge is -2.32. The summed E-state index contributed by atoms with van der Waals surface area (Å²) in [6.45, 7) is 7.91. The minimum absolute atomic E-state index is 0.538. The maximum absolute atomic E-state index is 5.35. The third-order valence-corrected chi connectivity index (χ3v) is 2.55. The molecule has 1 N–H and O–H groups in total. The van der Waals surface area contributed by atoms with Crippen molar-refractivity contribution in [3.63, 3.8) is 0 Å². The molecule has 0 aromatic carbocycles. The van der Waals surface area contributed by atoms with Gasteiger partial charge in [-0.25, -0.2) is 0 Å². The van der Waals surface area contributed by atoms with Crippen LogP contribution in [0, 0.1) is 6.92 Å². The van der Waals surface area contributed by atoms with Crippen LogP contribution in [0.15, 0.2) is 4.42 Å². The minimum Gasteiger partial charge on any atom is -0.424 e. The van der Waals surface area contributed by atoms with Crippen LogP contribution in [0.2, 0.25) is 0 Å². The molecule has 78 valence electrons. The van der Waals surface area contributed by atoms with Gasteiger partial charge in [-0.1, -0.05) is 0 Å². The average Bonchev–Trinajstić information content (AvgIpc) is 2.56. The summed E-state index contributed by atoms with van der Waals surface area (Å²) in [7, 11) is 0. The Bertz CT molecular complexity index is 299. The molecular formula is C9H16N4O. The second kappa shape index (κ2) is 4.06. The Kier molecular flexibility index (Phi) is 2.79. The van der Waals surface area contributed by atoms with Gasteiger partial charge < -0.3 is 9.73 Å². The number of aryl methyl sites for hydroxylation is 1. The van der Waals surface area contributed by atoms with Gasteiger partial charge in [0, 0.05) is 32.6 Å². The summed E-state index contributed by atoms with van der Waals surface area (Å²) in [5.41, 5.74) is 0. The van der Waals surface area contributed by atoms with Crippen molar-refractivity contribution in [2.24, 2.45) is 0 Å². The normalized spacial score (nSPS) is 24.0. The molecule has 2 rings (SSSR count). The molecule has 1 aromatic heterocycles. The number of rotatable bonds is 2. The SMILES string of the molecule is Cc1nnc(CN2CCNC[C@H]2C)o1. The van der Waals surface area contributed by atoms with Gasteiger partial charge in [0.25, 0.3) is 0 Å². The zero-order valence-corrected chi connectivity index (χ0v) is 8.66. The van der Waals surface area contributed by atoms with Crippen LogP contribution in [0.25, 0.3) is 0 Å². The van der Waals surface area contributed by atoms with Crippen molar-refractivity contribution in [1.29, 1.82) is 0 Å². The first kappa shape index (κ1) is 9.61. The van der Waals surface area contributed by atoms with Crippen LogP contribution < -0.4 is 5.32 Å². The first-order chi connectivity index (χ1) is 6.75. The Morgan fingerprint density at radius 1 is 1.57 bits per heavy atom. The van der Waals surface area contributed by atoms with Crippen LogP contribution in [0.1, 0.15) is 18.7 Å². The van der Waals surface area contributed by atoms with E-state index in [2.05, 4.69) is 27.3 Å². The van der Waals surface area contributed by atoms with Gasteiger partial charge in [0.05, 0.1) is 6.54 Å². The summed E-state index contributed by atoms with van der Waals surface area (Å²) >= 11 is 0. The van der Waals surface area contributed by atoms with Crippen molar-refractivity contribution >= 4 is 0 Å². The van der Waals surface area contributed by atoms with E-state index in [1.807, 2.05) is 6.92 Å². The van der Waals surface area contributed by atoms with Gasteiger partial charge >= 0.3 is 0 Å². The van der Waals surface area contributed by atoms with E-state index < -0.39 is 0 Å². The van der Waals surface area contributed by atoms with E-state index in [1.54, 1.807) is 0 Å². The first-order valence-corrected chi connectivity index (χ1v) is 4.99. The standard InChI is InChI=1S/C9H16N4O/c1-7-5-10-3-4-13(7)6-9-12-11-8(2)14-9/h7,10H,3-6H2,1-2H3/t7-/m1/s1. The van der Waals surface area contributed by atoms with Crippen LogP contribution in [-0.4, -0.2) is 40.8 Å². The maximum Gasteiger partial charge on any atom is 0.230 e. The highest BCUT2D eigenvalue weighted by molar-refractivity contribution is 4.83. The van der Waals surface area contributed by atoms with E-state index >= 15 is 0 Å². The van der Waals surface area contributed by atoms with Crippen LogP contribution in [-0.2, 0) is 6.54 Å². The average molecular weight is 196 g/mol. The van der Waals surface area contributed by atoms with Crippen LogP contribution in [0.3, 0.4) is 0 Å². The molecule has 1 aromatic rings. The fraction of sp³-hybridized carbons (Fsp3) is 0.778. The van der Waals surface area contributed by atoms with Crippen LogP contribution in [0.4, 0.5) is 0 Å². The Morgan fingerprint density at radius 2 is 2.43 bits per heavy atom. The van der Waals surface area contributed by atoms with Crippen molar-refractivity contribution in [2.45, 2.75) is 26.4 Å². The summed E-state index contributed by atoms with van der Waals surface area (Å²) in [6, 6.07) is 0.538. The zero-order valence-electron chi connectivity index (χ0n) is 8.66. The predicted molar refractivity (Wildman–Crippen MR) is 51.8 cm³/mol. The van der Waals surface area contributed by atoms with Gasteiger partial charge in [-0.15, -0.1) is 10.2 Å². The van der Waals surface area contributed by atoms with Crippen molar-refractivity contribution in [3.8, 4) is 0 Å². The van der Waals surface area contributed by atoms with Gasteiger partial charge in [-0.2, -0.15) is 0 Å². The summed E-state index contributed by atoms with van der Waals surface area (Å²) in [5, 5.41) is 11.2. The number of hydrogen-bond donors (Lipinski definition) is 1. The monoisotopic (exact) mass is 196 g/mol. The van der Waals surface area contributed by atoms with Gasteiger partial charge in [0.1, 0.15) is 0 Å². The Morgan fingerprint density at radius 3 is 3.07 bits per heavy atom. The van der Waals surface area contributed by atoms with Crippen molar-refractivity contribution < 1.29 is 4.42 Å². The smallest absolute Gasteiger partial charge is 0.230 e. The molecule has 14 heavy (non-hydrogen) atoms. The number of nitrogens with one attached hydrogen (secondary N) is 1. The molecule has 0 bridgehead atoms. The summed E-state index contributed by atoms with van der Waals surface area (Å²) in [4.78, 5) is 2.35. The Balaban J connectivity index is 1.95. The molecule has 0 radical (unpaired) electrons. The first-order valence-electron chi connectivity index (χ1n) is 4.99. The highest BCUT2D eigenvalue weighted by Crippen LogP contribution is 2.08. The largest absolute Gasteiger partial charge is 0.424 e. The molecule has 0 saturated carbocycles. The van der Waals surface area contributed by atoms with Crippen molar-refractivity contribution in [2.75, 3.05) is 19.6 Å². The summed E-state index contributed by atoms with van der Waals surface area (Å²) < 4.78 is 5.35. The lowest BCUT2D eigenvalue weighted by Crippen LogP contribution is -2.49. The second-order valence-electron chi connectivity index (χ2n) is 3.74. The van der Waals surface area contributed by atoms with E-state index in [4.69, 9.17) is 4.42 Å². The fourth-order valence-electron chi connectivity index (χ4n) is 1.69. The van der Waals surface area contributed by atoms with Crippen molar-refractivity contribution in [3.05, 3.63) is 11.8 Å². The third kappa shape index (κ3) is 2.10. The molecule has 0 amide bonds. The highest BCUT2D eigenvalue weighted by atomic mass is 16.4. The number of aromatic nitrogens is 2. The molecule has 1 aliphatic heterocycles. The van der Waals surface area contributed by atoms with Gasteiger partial charge in [-0.05, 0) is 6.92 Å². The van der Waals surface area contributed by atoms with E-state index in [0.29, 0.717) is 11.9 Å². The lowest BCUT2D eigenvalue weighted by atomic mass is 10.2. The number of hydrogen-bond acceptors (Lipinski definition) is 5. The molecule has 2 heterocycles. The molecule has 1 aliphatic rings. The molecule has 5 heteroatoms. The maximum atomic E-state index is 5.35.